The largest absolute Gasteiger partial charge is 0.376 e. The molecule has 2 rings (SSSR count). The Morgan fingerprint density at radius 3 is 3.06 bits per heavy atom. The van der Waals surface area contributed by atoms with E-state index in [1.54, 1.807) is 12.1 Å². The molecule has 18 heavy (non-hydrogen) atoms. The first-order chi connectivity index (χ1) is 8.65. The van der Waals surface area contributed by atoms with E-state index < -0.39 is 0 Å². The second-order valence-electron chi connectivity index (χ2n) is 4.03. The van der Waals surface area contributed by atoms with Crippen molar-refractivity contribution in [2.24, 2.45) is 0 Å². The molecule has 2 N–H and O–H groups in total. The highest BCUT2D eigenvalue weighted by Gasteiger charge is 2.20. The Hall–Kier alpha value is -1.75. The number of carbonyl (C=O) groups excluding carboxylic acids is 2. The Morgan fingerprint density at radius 1 is 1.50 bits per heavy atom. The summed E-state index contributed by atoms with van der Waals surface area (Å²) >= 11 is 5.84. The molecule has 1 saturated heterocycles. The van der Waals surface area contributed by atoms with E-state index in [1.165, 1.54) is 4.90 Å². The summed E-state index contributed by atoms with van der Waals surface area (Å²) in [5.41, 5.74) is 0.789. The van der Waals surface area contributed by atoms with Gasteiger partial charge in [-0.05, 0) is 18.2 Å². The minimum Gasteiger partial charge on any atom is -0.376 e. The number of benzene rings is 1. The third-order valence-corrected chi connectivity index (χ3v) is 2.89. The summed E-state index contributed by atoms with van der Waals surface area (Å²) < 4.78 is 0. The summed E-state index contributed by atoms with van der Waals surface area (Å²) in [7, 11) is 0. The fraction of sp³-hybridized carbons (Fsp3) is 0.333. The van der Waals surface area contributed by atoms with E-state index in [1.807, 2.05) is 12.1 Å². The monoisotopic (exact) mass is 267 g/mol. The van der Waals surface area contributed by atoms with E-state index in [9.17, 15) is 9.59 Å². The van der Waals surface area contributed by atoms with Gasteiger partial charge in [0, 0.05) is 23.8 Å². The molecule has 6 heteroatoms. The molecule has 0 bridgehead atoms. The molecule has 1 aliphatic heterocycles. The van der Waals surface area contributed by atoms with Crippen LogP contribution in [0.2, 0.25) is 5.02 Å². The fourth-order valence-corrected chi connectivity index (χ4v) is 1.93. The molecule has 0 saturated carbocycles. The van der Waals surface area contributed by atoms with Gasteiger partial charge in [0.25, 0.3) is 0 Å². The topological polar surface area (TPSA) is 61.4 Å². The Bertz CT molecular complexity index is 464. The molecule has 0 unspecified atom stereocenters. The van der Waals surface area contributed by atoms with Gasteiger partial charge < -0.3 is 15.5 Å². The molecular formula is C12H14ClN3O2. The van der Waals surface area contributed by atoms with Gasteiger partial charge in [0.15, 0.2) is 0 Å². The van der Waals surface area contributed by atoms with E-state index in [2.05, 4.69) is 10.6 Å². The minimum absolute atomic E-state index is 0.0928. The maximum Gasteiger partial charge on any atom is 0.242 e. The van der Waals surface area contributed by atoms with Crippen molar-refractivity contribution in [1.82, 2.24) is 10.2 Å². The lowest BCUT2D eigenvalue weighted by atomic mass is 10.3. The van der Waals surface area contributed by atoms with Gasteiger partial charge in [-0.25, -0.2) is 0 Å². The average molecular weight is 268 g/mol. The van der Waals surface area contributed by atoms with Crippen LogP contribution in [0.25, 0.3) is 0 Å². The zero-order valence-electron chi connectivity index (χ0n) is 9.78. The normalized spacial score (nSPS) is 15.2. The number of halogens is 1. The predicted octanol–water partition coefficient (Wildman–Crippen LogP) is 0.710. The van der Waals surface area contributed by atoms with Crippen molar-refractivity contribution >= 4 is 29.1 Å². The molecule has 5 nitrogen and oxygen atoms in total. The lowest BCUT2D eigenvalue weighted by Gasteiger charge is -2.26. The van der Waals surface area contributed by atoms with E-state index in [0.717, 1.165) is 5.69 Å². The molecule has 1 heterocycles. The van der Waals surface area contributed by atoms with Gasteiger partial charge in [-0.15, -0.1) is 0 Å². The van der Waals surface area contributed by atoms with Crippen LogP contribution in [0, 0.1) is 0 Å². The lowest BCUT2D eigenvalue weighted by Crippen LogP contribution is -2.51. The Morgan fingerprint density at radius 2 is 2.33 bits per heavy atom. The first-order valence-electron chi connectivity index (χ1n) is 5.69. The van der Waals surface area contributed by atoms with Crippen molar-refractivity contribution in [3.8, 4) is 0 Å². The molecular weight excluding hydrogens is 254 g/mol. The smallest absolute Gasteiger partial charge is 0.242 e. The third kappa shape index (κ3) is 3.37. The number of rotatable bonds is 3. The summed E-state index contributed by atoms with van der Waals surface area (Å²) in [6.07, 6.45) is 0. The van der Waals surface area contributed by atoms with E-state index in [-0.39, 0.29) is 24.9 Å². The van der Waals surface area contributed by atoms with E-state index in [0.29, 0.717) is 18.1 Å². The molecule has 1 fully saturated rings. The molecule has 0 radical (unpaired) electrons. The number of carbonyl (C=O) groups is 2. The molecule has 0 aromatic heterocycles. The second-order valence-corrected chi connectivity index (χ2v) is 4.47. The highest BCUT2D eigenvalue weighted by atomic mass is 35.5. The lowest BCUT2D eigenvalue weighted by molar-refractivity contribution is -0.136. The van der Waals surface area contributed by atoms with E-state index in [4.69, 9.17) is 11.6 Å². The van der Waals surface area contributed by atoms with Gasteiger partial charge >= 0.3 is 0 Å². The average Bonchev–Trinajstić information content (AvgIpc) is 2.36. The van der Waals surface area contributed by atoms with Gasteiger partial charge in [-0.2, -0.15) is 0 Å². The van der Waals surface area contributed by atoms with Crippen molar-refractivity contribution in [1.29, 1.82) is 0 Å². The first-order valence-corrected chi connectivity index (χ1v) is 6.07. The molecule has 96 valence electrons. The van der Waals surface area contributed by atoms with Gasteiger partial charge in [0.05, 0.1) is 13.1 Å². The molecule has 2 amide bonds. The van der Waals surface area contributed by atoms with Crippen molar-refractivity contribution < 1.29 is 9.59 Å². The molecule has 1 aliphatic rings. The Kier molecular flexibility index (Phi) is 4.04. The van der Waals surface area contributed by atoms with Crippen molar-refractivity contribution in [2.75, 3.05) is 31.5 Å². The van der Waals surface area contributed by atoms with Crippen LogP contribution in [0.3, 0.4) is 0 Å². The molecule has 0 atom stereocenters. The molecule has 0 aliphatic carbocycles. The number of amides is 2. The highest BCUT2D eigenvalue weighted by Crippen LogP contribution is 2.14. The number of nitrogens with one attached hydrogen (secondary N) is 2. The quantitative estimate of drug-likeness (QED) is 0.848. The number of hydrogen-bond acceptors (Lipinski definition) is 3. The van der Waals surface area contributed by atoms with Crippen LogP contribution >= 0.6 is 11.6 Å². The summed E-state index contributed by atoms with van der Waals surface area (Å²) in [4.78, 5) is 24.5. The standard InChI is InChI=1S/C12H14ClN3O2/c13-9-2-1-3-10(6-9)15-7-12(18)16-5-4-14-11(17)8-16/h1-3,6,15H,4-5,7-8H2,(H,14,17). The van der Waals surface area contributed by atoms with Crippen LogP contribution in [0.5, 0.6) is 0 Å². The Balaban J connectivity index is 1.86. The summed E-state index contributed by atoms with van der Waals surface area (Å²) in [6.45, 7) is 1.37. The molecule has 1 aromatic rings. The fourth-order valence-electron chi connectivity index (χ4n) is 1.74. The van der Waals surface area contributed by atoms with Gasteiger partial charge in [-0.1, -0.05) is 17.7 Å². The van der Waals surface area contributed by atoms with Crippen LogP contribution < -0.4 is 10.6 Å². The number of hydrogen-bond donors (Lipinski definition) is 2. The minimum atomic E-state index is -0.114. The predicted molar refractivity (Wildman–Crippen MR) is 69.5 cm³/mol. The zero-order valence-corrected chi connectivity index (χ0v) is 10.5. The highest BCUT2D eigenvalue weighted by molar-refractivity contribution is 6.30. The maximum atomic E-state index is 11.9. The van der Waals surface area contributed by atoms with Crippen molar-refractivity contribution in [3.63, 3.8) is 0 Å². The first kappa shape index (κ1) is 12.7. The van der Waals surface area contributed by atoms with Crippen LogP contribution in [-0.2, 0) is 9.59 Å². The van der Waals surface area contributed by atoms with Gasteiger partial charge in [-0.3, -0.25) is 9.59 Å². The molecule has 1 aromatic carbocycles. The SMILES string of the molecule is O=C1CN(C(=O)CNc2cccc(Cl)c2)CCN1. The second kappa shape index (κ2) is 5.73. The zero-order chi connectivity index (χ0) is 13.0. The van der Waals surface area contributed by atoms with Gasteiger partial charge in [0.1, 0.15) is 0 Å². The number of piperazine rings is 1. The number of nitrogens with zero attached hydrogens (tertiary/aromatic N) is 1. The van der Waals surface area contributed by atoms with Crippen molar-refractivity contribution in [3.05, 3.63) is 29.3 Å². The van der Waals surface area contributed by atoms with Crippen LogP contribution in [0.1, 0.15) is 0 Å². The summed E-state index contributed by atoms with van der Waals surface area (Å²) in [5, 5.41) is 6.28. The third-order valence-electron chi connectivity index (χ3n) is 2.66. The Labute approximate surface area is 110 Å². The van der Waals surface area contributed by atoms with Crippen LogP contribution in [0.4, 0.5) is 5.69 Å². The van der Waals surface area contributed by atoms with Crippen LogP contribution in [-0.4, -0.2) is 42.9 Å². The van der Waals surface area contributed by atoms with Crippen LogP contribution in [0.15, 0.2) is 24.3 Å². The summed E-state index contributed by atoms with van der Waals surface area (Å²) in [5.74, 6) is -0.206. The van der Waals surface area contributed by atoms with E-state index >= 15 is 0 Å². The molecule has 0 spiro atoms. The summed E-state index contributed by atoms with van der Waals surface area (Å²) in [6, 6.07) is 7.16. The maximum absolute atomic E-state index is 11.9. The number of anilines is 1. The van der Waals surface area contributed by atoms with Crippen molar-refractivity contribution in [2.45, 2.75) is 0 Å². The van der Waals surface area contributed by atoms with Gasteiger partial charge in [0.2, 0.25) is 11.8 Å².